The van der Waals surface area contributed by atoms with Gasteiger partial charge in [0.05, 0.1) is 36.5 Å². The third-order valence-electron chi connectivity index (χ3n) is 5.65. The summed E-state index contributed by atoms with van der Waals surface area (Å²) in [5.74, 6) is -0.209. The van der Waals surface area contributed by atoms with Gasteiger partial charge < -0.3 is 39.7 Å². The Balaban J connectivity index is 2.50. The number of carbonyl (C=O) groups is 2. The summed E-state index contributed by atoms with van der Waals surface area (Å²) in [6, 6.07) is 2.62. The van der Waals surface area contributed by atoms with E-state index in [0.717, 1.165) is 0 Å². The lowest BCUT2D eigenvalue weighted by Gasteiger charge is -2.41. The number of benzene rings is 1. The van der Waals surface area contributed by atoms with Gasteiger partial charge >= 0.3 is 0 Å². The van der Waals surface area contributed by atoms with Crippen molar-refractivity contribution in [1.82, 2.24) is 10.2 Å². The number of halogens is 1. The molecule has 0 fully saturated rings. The minimum Gasteiger partial charge on any atom is -0.493 e. The molecule has 0 radical (unpaired) electrons. The van der Waals surface area contributed by atoms with Gasteiger partial charge in [-0.15, -0.1) is 0 Å². The highest BCUT2D eigenvalue weighted by molar-refractivity contribution is 14.1. The first-order valence-electron chi connectivity index (χ1n) is 11.4. The van der Waals surface area contributed by atoms with E-state index in [9.17, 15) is 19.8 Å². The molecule has 0 unspecified atom stereocenters. The Morgan fingerprint density at radius 1 is 1.26 bits per heavy atom. The fraction of sp³-hybridized carbons (Fsp3) is 0.583. The van der Waals surface area contributed by atoms with Gasteiger partial charge in [0.2, 0.25) is 11.8 Å². The third-order valence-corrected chi connectivity index (χ3v) is 6.45. The van der Waals surface area contributed by atoms with Crippen LogP contribution in [-0.4, -0.2) is 90.8 Å². The molecule has 0 aliphatic heterocycles. The van der Waals surface area contributed by atoms with E-state index in [0.29, 0.717) is 26.2 Å². The molecule has 10 nitrogen and oxygen atoms in total. The smallest absolute Gasteiger partial charge is 0.247 e. The van der Waals surface area contributed by atoms with E-state index in [1.54, 1.807) is 30.9 Å². The van der Waals surface area contributed by atoms with Crippen LogP contribution in [0.3, 0.4) is 0 Å². The lowest BCUT2D eigenvalue weighted by atomic mass is 9.87. The molecule has 1 aromatic rings. The Morgan fingerprint density at radius 3 is 2.54 bits per heavy atom. The number of aliphatic hydroxyl groups excluding tert-OH is 3. The summed E-state index contributed by atoms with van der Waals surface area (Å²) in [7, 11) is 3.00. The van der Waals surface area contributed by atoms with Crippen LogP contribution in [0.15, 0.2) is 23.8 Å². The Kier molecular flexibility index (Phi) is 11.7. The molecule has 196 valence electrons. The fourth-order valence-electron chi connectivity index (χ4n) is 3.86. The number of methoxy groups -OCH3 is 2. The van der Waals surface area contributed by atoms with Crippen LogP contribution >= 0.6 is 22.6 Å². The second-order valence-electron chi connectivity index (χ2n) is 8.46. The van der Waals surface area contributed by atoms with Crippen molar-refractivity contribution < 1.29 is 39.1 Å². The fourth-order valence-corrected chi connectivity index (χ4v) is 4.65. The normalized spacial score (nSPS) is 19.8. The highest BCUT2D eigenvalue weighted by Crippen LogP contribution is 2.37. The number of nitrogens with one attached hydrogen (secondary N) is 1. The molecule has 0 spiro atoms. The monoisotopic (exact) mass is 606 g/mol. The molecule has 0 saturated carbocycles. The number of aliphatic hydroxyl groups is 3. The lowest BCUT2D eigenvalue weighted by molar-refractivity contribution is -0.142. The maximum absolute atomic E-state index is 13.1. The van der Waals surface area contributed by atoms with Crippen molar-refractivity contribution in [2.45, 2.75) is 45.1 Å². The number of carbonyl (C=O) groups excluding carboxylic acids is 2. The van der Waals surface area contributed by atoms with Crippen LogP contribution in [-0.2, 0) is 20.9 Å². The second kappa shape index (κ2) is 14.0. The van der Waals surface area contributed by atoms with Gasteiger partial charge in [-0.1, -0.05) is 13.8 Å². The molecule has 2 rings (SSSR count). The SMILES string of the molecule is COCCN(C(=O)C(C)C)[C@@H]1CC(C(=O)NCCO)=C[C@H](Oc2c(I)cc(CO)cc2OC)[C@H]1O. The van der Waals surface area contributed by atoms with Crippen molar-refractivity contribution in [3.05, 3.63) is 32.9 Å². The zero-order valence-electron chi connectivity index (χ0n) is 20.5. The molecule has 1 aromatic carbocycles. The van der Waals surface area contributed by atoms with E-state index in [4.69, 9.17) is 19.3 Å². The van der Waals surface area contributed by atoms with E-state index in [2.05, 4.69) is 5.32 Å². The maximum atomic E-state index is 13.1. The van der Waals surface area contributed by atoms with E-state index < -0.39 is 24.2 Å². The summed E-state index contributed by atoms with van der Waals surface area (Å²) >= 11 is 2.05. The quantitative estimate of drug-likeness (QED) is 0.257. The lowest BCUT2D eigenvalue weighted by Crippen LogP contribution is -2.56. The van der Waals surface area contributed by atoms with E-state index in [1.807, 2.05) is 22.6 Å². The van der Waals surface area contributed by atoms with Crippen molar-refractivity contribution in [3.8, 4) is 11.5 Å². The average Bonchev–Trinajstić information content (AvgIpc) is 2.84. The predicted octanol–water partition coefficient (Wildman–Crippen LogP) is 0.839. The van der Waals surface area contributed by atoms with Crippen LogP contribution < -0.4 is 14.8 Å². The molecule has 11 heteroatoms. The van der Waals surface area contributed by atoms with Crippen molar-refractivity contribution in [1.29, 1.82) is 0 Å². The summed E-state index contributed by atoms with van der Waals surface area (Å²) in [6.45, 7) is 3.71. The van der Waals surface area contributed by atoms with Crippen LogP contribution in [0.5, 0.6) is 11.5 Å². The standard InChI is InChI=1S/C24H35IN2O8/c1-14(2)24(32)27(6-8-33-3)18-11-16(23(31)26-5-7-28)12-19(21(18)30)35-22-17(25)9-15(13-29)10-20(22)34-4/h9-10,12,14,18-19,21,28-30H,5-8,11,13H2,1-4H3,(H,26,31)/t18-,19+,21+/m1/s1. The Bertz CT molecular complexity index is 908. The molecule has 0 bridgehead atoms. The van der Waals surface area contributed by atoms with Crippen LogP contribution in [0.2, 0.25) is 0 Å². The van der Waals surface area contributed by atoms with E-state index in [1.165, 1.54) is 20.3 Å². The molecular weight excluding hydrogens is 571 g/mol. The molecule has 1 aliphatic rings. The number of hydrogen-bond acceptors (Lipinski definition) is 8. The van der Waals surface area contributed by atoms with Gasteiger partial charge in [0.25, 0.3) is 0 Å². The summed E-state index contributed by atoms with van der Waals surface area (Å²) in [4.78, 5) is 27.4. The van der Waals surface area contributed by atoms with Gasteiger partial charge in [-0.2, -0.15) is 0 Å². The first-order valence-corrected chi connectivity index (χ1v) is 12.5. The van der Waals surface area contributed by atoms with Gasteiger partial charge in [0.15, 0.2) is 11.5 Å². The number of nitrogens with zero attached hydrogens (tertiary/aromatic N) is 1. The third kappa shape index (κ3) is 7.53. The predicted molar refractivity (Wildman–Crippen MR) is 137 cm³/mol. The largest absolute Gasteiger partial charge is 0.493 e. The first kappa shape index (κ1) is 29.3. The number of ether oxygens (including phenoxy) is 3. The number of rotatable bonds is 12. The summed E-state index contributed by atoms with van der Waals surface area (Å²) in [6.07, 6.45) is -0.478. The van der Waals surface area contributed by atoms with E-state index in [-0.39, 0.29) is 51.2 Å². The maximum Gasteiger partial charge on any atom is 0.247 e. The minimum absolute atomic E-state index is 0.0710. The Morgan fingerprint density at radius 2 is 1.97 bits per heavy atom. The van der Waals surface area contributed by atoms with Crippen LogP contribution in [0.25, 0.3) is 0 Å². The van der Waals surface area contributed by atoms with Crippen LogP contribution in [0.4, 0.5) is 0 Å². The zero-order chi connectivity index (χ0) is 26.1. The first-order chi connectivity index (χ1) is 16.7. The topological polar surface area (TPSA) is 138 Å². The minimum atomic E-state index is -1.15. The molecule has 0 heterocycles. The number of amides is 2. The zero-order valence-corrected chi connectivity index (χ0v) is 22.6. The summed E-state index contributed by atoms with van der Waals surface area (Å²) in [5.41, 5.74) is 0.965. The molecule has 3 atom stereocenters. The van der Waals surface area contributed by atoms with Crippen molar-refractivity contribution >= 4 is 34.4 Å². The van der Waals surface area contributed by atoms with Gasteiger partial charge in [-0.3, -0.25) is 9.59 Å². The van der Waals surface area contributed by atoms with E-state index >= 15 is 0 Å². The highest BCUT2D eigenvalue weighted by atomic mass is 127. The molecule has 2 amide bonds. The van der Waals surface area contributed by atoms with Crippen LogP contribution in [0.1, 0.15) is 25.8 Å². The highest BCUT2D eigenvalue weighted by Gasteiger charge is 2.41. The van der Waals surface area contributed by atoms with Gasteiger partial charge in [0, 0.05) is 38.1 Å². The molecule has 1 aliphatic carbocycles. The molecule has 4 N–H and O–H groups in total. The van der Waals surface area contributed by atoms with Gasteiger partial charge in [0.1, 0.15) is 12.2 Å². The average molecular weight is 606 g/mol. The number of hydrogen-bond donors (Lipinski definition) is 4. The molecule has 0 saturated heterocycles. The second-order valence-corrected chi connectivity index (χ2v) is 9.62. The van der Waals surface area contributed by atoms with Crippen LogP contribution in [0, 0.1) is 9.49 Å². The molecule has 0 aromatic heterocycles. The van der Waals surface area contributed by atoms with Crippen molar-refractivity contribution in [3.63, 3.8) is 0 Å². The van der Waals surface area contributed by atoms with Crippen molar-refractivity contribution in [2.75, 3.05) is 40.5 Å². The van der Waals surface area contributed by atoms with Gasteiger partial charge in [-0.25, -0.2) is 0 Å². The Labute approximate surface area is 219 Å². The molecular formula is C24H35IN2O8. The summed E-state index contributed by atoms with van der Waals surface area (Å²) in [5, 5.41) is 32.6. The van der Waals surface area contributed by atoms with Gasteiger partial charge in [-0.05, 0) is 46.4 Å². The van der Waals surface area contributed by atoms with Crippen molar-refractivity contribution in [2.24, 2.45) is 5.92 Å². The molecule has 35 heavy (non-hydrogen) atoms. The Hall–Kier alpha value is -1.93. The summed E-state index contributed by atoms with van der Waals surface area (Å²) < 4.78 is 17.5.